The Labute approximate surface area is 119 Å². The summed E-state index contributed by atoms with van der Waals surface area (Å²) in [5, 5.41) is 0. The molecule has 3 heteroatoms. The van der Waals surface area contributed by atoms with Crippen molar-refractivity contribution < 1.29 is 4.74 Å². The van der Waals surface area contributed by atoms with Gasteiger partial charge in [0, 0.05) is 33.4 Å². The molecule has 0 aromatic carbocycles. The second-order valence-corrected chi connectivity index (χ2v) is 6.64. The zero-order chi connectivity index (χ0) is 13.5. The molecule has 0 bridgehead atoms. The minimum absolute atomic E-state index is 0.907. The lowest BCUT2D eigenvalue weighted by Gasteiger charge is -2.37. The molecular formula is C16H32N2O. The predicted octanol–water partition coefficient (Wildman–Crippen LogP) is 2.47. The first-order chi connectivity index (χ1) is 9.28. The summed E-state index contributed by atoms with van der Waals surface area (Å²) >= 11 is 0. The van der Waals surface area contributed by atoms with Gasteiger partial charge in [0.2, 0.25) is 0 Å². The SMILES string of the molecule is COCCCN1CCC[C@@H](CN2CCC(C)CC2)C1. The van der Waals surface area contributed by atoms with E-state index in [2.05, 4.69) is 16.7 Å². The minimum Gasteiger partial charge on any atom is -0.385 e. The van der Waals surface area contributed by atoms with Crippen LogP contribution >= 0.6 is 0 Å². The van der Waals surface area contributed by atoms with E-state index in [-0.39, 0.29) is 0 Å². The molecule has 0 aromatic rings. The summed E-state index contributed by atoms with van der Waals surface area (Å²) in [6, 6.07) is 0. The maximum absolute atomic E-state index is 5.16. The summed E-state index contributed by atoms with van der Waals surface area (Å²) in [5.74, 6) is 1.86. The number of rotatable bonds is 6. The van der Waals surface area contributed by atoms with Crippen LogP contribution in [0.1, 0.15) is 39.0 Å². The summed E-state index contributed by atoms with van der Waals surface area (Å²) in [6.45, 7) is 11.2. The molecule has 2 heterocycles. The lowest BCUT2D eigenvalue weighted by atomic mass is 9.94. The van der Waals surface area contributed by atoms with Crippen LogP contribution in [0.4, 0.5) is 0 Å². The van der Waals surface area contributed by atoms with Gasteiger partial charge < -0.3 is 14.5 Å². The molecule has 2 rings (SSSR count). The van der Waals surface area contributed by atoms with E-state index in [1.807, 2.05) is 0 Å². The van der Waals surface area contributed by atoms with Crippen molar-refractivity contribution in [3.05, 3.63) is 0 Å². The highest BCUT2D eigenvalue weighted by atomic mass is 16.5. The van der Waals surface area contributed by atoms with Gasteiger partial charge in [-0.15, -0.1) is 0 Å². The number of piperidine rings is 2. The Balaban J connectivity index is 1.66. The summed E-state index contributed by atoms with van der Waals surface area (Å²) in [6.07, 6.45) is 6.83. The molecule has 0 saturated carbocycles. The number of hydrogen-bond donors (Lipinski definition) is 0. The second-order valence-electron chi connectivity index (χ2n) is 6.64. The van der Waals surface area contributed by atoms with E-state index in [4.69, 9.17) is 4.74 Å². The maximum atomic E-state index is 5.16. The standard InChI is InChI=1S/C16H32N2O/c1-15-6-10-18(11-7-15)14-16-5-3-8-17(13-16)9-4-12-19-2/h15-16H,3-14H2,1-2H3/t16-/m1/s1. The van der Waals surface area contributed by atoms with Gasteiger partial charge in [-0.25, -0.2) is 0 Å². The summed E-state index contributed by atoms with van der Waals surface area (Å²) in [7, 11) is 1.80. The van der Waals surface area contributed by atoms with Crippen LogP contribution in [0.2, 0.25) is 0 Å². The van der Waals surface area contributed by atoms with E-state index in [0.29, 0.717) is 0 Å². The van der Waals surface area contributed by atoms with E-state index in [0.717, 1.165) is 18.4 Å². The topological polar surface area (TPSA) is 15.7 Å². The number of methoxy groups -OCH3 is 1. The largest absolute Gasteiger partial charge is 0.385 e. The number of likely N-dealkylation sites (tertiary alicyclic amines) is 2. The van der Waals surface area contributed by atoms with Crippen LogP contribution in [0.5, 0.6) is 0 Å². The average Bonchev–Trinajstić information content (AvgIpc) is 2.42. The number of nitrogens with zero attached hydrogens (tertiary/aromatic N) is 2. The molecule has 2 aliphatic rings. The summed E-state index contributed by atoms with van der Waals surface area (Å²) in [5.41, 5.74) is 0. The normalized spacial score (nSPS) is 27.8. The summed E-state index contributed by atoms with van der Waals surface area (Å²) in [4.78, 5) is 5.36. The summed E-state index contributed by atoms with van der Waals surface area (Å²) < 4.78 is 5.16. The highest BCUT2D eigenvalue weighted by molar-refractivity contribution is 4.78. The molecule has 0 N–H and O–H groups in total. The minimum atomic E-state index is 0.907. The quantitative estimate of drug-likeness (QED) is 0.688. The Hall–Kier alpha value is -0.120. The molecule has 0 spiro atoms. The molecule has 0 aromatic heterocycles. The molecule has 2 saturated heterocycles. The van der Waals surface area contributed by atoms with Crippen molar-refractivity contribution in [2.45, 2.75) is 39.0 Å². The molecule has 0 amide bonds. The first-order valence-electron chi connectivity index (χ1n) is 8.21. The smallest absolute Gasteiger partial charge is 0.0474 e. The van der Waals surface area contributed by atoms with Gasteiger partial charge >= 0.3 is 0 Å². The molecule has 0 aliphatic carbocycles. The fourth-order valence-electron chi connectivity index (χ4n) is 3.55. The van der Waals surface area contributed by atoms with Crippen LogP contribution in [-0.2, 0) is 4.74 Å². The van der Waals surface area contributed by atoms with Gasteiger partial charge in [0.05, 0.1) is 0 Å². The Morgan fingerprint density at radius 3 is 2.58 bits per heavy atom. The van der Waals surface area contributed by atoms with Gasteiger partial charge in [-0.1, -0.05) is 6.92 Å². The highest BCUT2D eigenvalue weighted by Gasteiger charge is 2.23. The number of ether oxygens (including phenoxy) is 1. The third-order valence-electron chi connectivity index (χ3n) is 4.82. The third-order valence-corrected chi connectivity index (χ3v) is 4.82. The van der Waals surface area contributed by atoms with Crippen molar-refractivity contribution in [3.63, 3.8) is 0 Å². The number of hydrogen-bond acceptors (Lipinski definition) is 3. The van der Waals surface area contributed by atoms with Crippen molar-refractivity contribution in [1.82, 2.24) is 9.80 Å². The van der Waals surface area contributed by atoms with E-state index < -0.39 is 0 Å². The first kappa shape index (κ1) is 15.3. The third kappa shape index (κ3) is 5.41. The van der Waals surface area contributed by atoms with Crippen molar-refractivity contribution in [3.8, 4) is 0 Å². The van der Waals surface area contributed by atoms with Gasteiger partial charge in [-0.2, -0.15) is 0 Å². The first-order valence-corrected chi connectivity index (χ1v) is 8.21. The Morgan fingerprint density at radius 2 is 1.84 bits per heavy atom. The predicted molar refractivity (Wildman–Crippen MR) is 80.5 cm³/mol. The molecule has 0 radical (unpaired) electrons. The Kier molecular flexibility index (Phi) is 6.62. The van der Waals surface area contributed by atoms with E-state index >= 15 is 0 Å². The molecule has 112 valence electrons. The molecule has 0 unspecified atom stereocenters. The van der Waals surface area contributed by atoms with Gasteiger partial charge in [-0.05, 0) is 63.6 Å². The Bertz CT molecular complexity index is 239. The molecule has 2 aliphatic heterocycles. The highest BCUT2D eigenvalue weighted by Crippen LogP contribution is 2.21. The van der Waals surface area contributed by atoms with Crippen LogP contribution in [-0.4, -0.2) is 62.8 Å². The van der Waals surface area contributed by atoms with Gasteiger partial charge in [0.15, 0.2) is 0 Å². The van der Waals surface area contributed by atoms with Crippen LogP contribution in [0.15, 0.2) is 0 Å². The fraction of sp³-hybridized carbons (Fsp3) is 1.00. The van der Waals surface area contributed by atoms with Gasteiger partial charge in [0.1, 0.15) is 0 Å². The molecule has 2 fully saturated rings. The lowest BCUT2D eigenvalue weighted by molar-refractivity contribution is 0.103. The zero-order valence-corrected chi connectivity index (χ0v) is 12.9. The van der Waals surface area contributed by atoms with E-state index in [9.17, 15) is 0 Å². The van der Waals surface area contributed by atoms with Crippen molar-refractivity contribution in [2.24, 2.45) is 11.8 Å². The van der Waals surface area contributed by atoms with Crippen LogP contribution in [0.3, 0.4) is 0 Å². The monoisotopic (exact) mass is 268 g/mol. The zero-order valence-electron chi connectivity index (χ0n) is 12.9. The van der Waals surface area contributed by atoms with Crippen molar-refractivity contribution >= 4 is 0 Å². The van der Waals surface area contributed by atoms with Crippen molar-refractivity contribution in [2.75, 3.05) is 53.0 Å². The van der Waals surface area contributed by atoms with Crippen molar-refractivity contribution in [1.29, 1.82) is 0 Å². The molecule has 19 heavy (non-hydrogen) atoms. The average molecular weight is 268 g/mol. The maximum Gasteiger partial charge on any atom is 0.0474 e. The van der Waals surface area contributed by atoms with E-state index in [1.165, 1.54) is 71.4 Å². The molecular weight excluding hydrogens is 236 g/mol. The van der Waals surface area contributed by atoms with Crippen LogP contribution in [0.25, 0.3) is 0 Å². The van der Waals surface area contributed by atoms with Gasteiger partial charge in [0.25, 0.3) is 0 Å². The Morgan fingerprint density at radius 1 is 1.05 bits per heavy atom. The van der Waals surface area contributed by atoms with Crippen LogP contribution in [0, 0.1) is 11.8 Å². The van der Waals surface area contributed by atoms with E-state index in [1.54, 1.807) is 7.11 Å². The molecule has 1 atom stereocenters. The molecule has 3 nitrogen and oxygen atoms in total. The van der Waals surface area contributed by atoms with Crippen LogP contribution < -0.4 is 0 Å². The fourth-order valence-corrected chi connectivity index (χ4v) is 3.55. The second kappa shape index (κ2) is 8.23. The lowest BCUT2D eigenvalue weighted by Crippen LogP contribution is -2.43. The van der Waals surface area contributed by atoms with Gasteiger partial charge in [-0.3, -0.25) is 0 Å².